The summed E-state index contributed by atoms with van der Waals surface area (Å²) in [7, 11) is 0. The number of nitrogens with zero attached hydrogens (tertiary/aromatic N) is 3. The maximum absolute atomic E-state index is 13.2. The van der Waals surface area contributed by atoms with Crippen molar-refractivity contribution >= 4 is 28.6 Å². The number of anilines is 1. The summed E-state index contributed by atoms with van der Waals surface area (Å²) in [5, 5.41) is 2.94. The van der Waals surface area contributed by atoms with Gasteiger partial charge in [-0.1, -0.05) is 18.2 Å². The molecule has 1 N–H and O–H groups in total. The van der Waals surface area contributed by atoms with E-state index < -0.39 is 17.4 Å². The minimum absolute atomic E-state index is 0.0623. The van der Waals surface area contributed by atoms with Gasteiger partial charge < -0.3 is 4.42 Å². The minimum atomic E-state index is -0.858. The van der Waals surface area contributed by atoms with Crippen molar-refractivity contribution in [3.05, 3.63) is 75.2 Å². The van der Waals surface area contributed by atoms with Crippen molar-refractivity contribution in [1.82, 2.24) is 14.8 Å². The van der Waals surface area contributed by atoms with Gasteiger partial charge in [0.1, 0.15) is 5.52 Å². The Balaban J connectivity index is 1.55. The molecular weight excluding hydrogens is 396 g/mol. The molecule has 0 radical (unpaired) electrons. The van der Waals surface area contributed by atoms with Gasteiger partial charge in [-0.3, -0.25) is 19.5 Å². The number of carbonyl (C=O) groups is 2. The number of rotatable bonds is 3. The Bertz CT molecular complexity index is 1390. The van der Waals surface area contributed by atoms with Crippen LogP contribution in [0.3, 0.4) is 0 Å². The van der Waals surface area contributed by atoms with E-state index in [1.807, 2.05) is 38.1 Å². The second kappa shape index (κ2) is 6.80. The Morgan fingerprint density at radius 2 is 1.81 bits per heavy atom. The average Bonchev–Trinajstić information content (AvgIpc) is 3.37. The lowest BCUT2D eigenvalue weighted by molar-refractivity contribution is -0.121. The van der Waals surface area contributed by atoms with Gasteiger partial charge in [0.25, 0.3) is 5.56 Å². The zero-order valence-electron chi connectivity index (χ0n) is 17.3. The smallest absolute Gasteiger partial charge is 0.325 e. The van der Waals surface area contributed by atoms with Crippen LogP contribution in [0.25, 0.3) is 17.1 Å². The molecule has 0 aliphatic carbocycles. The summed E-state index contributed by atoms with van der Waals surface area (Å²) < 4.78 is 6.87. The number of para-hydroxylation sites is 2. The molecule has 31 heavy (non-hydrogen) atoms. The number of hydrogen-bond donors (Lipinski definition) is 1. The van der Waals surface area contributed by atoms with Crippen LogP contribution >= 0.6 is 0 Å². The molecule has 1 unspecified atom stereocenters. The van der Waals surface area contributed by atoms with Gasteiger partial charge >= 0.3 is 6.01 Å². The van der Waals surface area contributed by atoms with Crippen molar-refractivity contribution in [2.75, 3.05) is 4.90 Å². The number of fused-ring (bicyclic) bond motifs is 1. The zero-order valence-corrected chi connectivity index (χ0v) is 17.3. The fourth-order valence-electron chi connectivity index (χ4n) is 4.05. The van der Waals surface area contributed by atoms with E-state index in [1.54, 1.807) is 25.1 Å². The number of amides is 2. The third-order valence-corrected chi connectivity index (χ3v) is 5.83. The molecule has 4 aromatic rings. The Kier molecular flexibility index (Phi) is 4.18. The third kappa shape index (κ3) is 2.91. The van der Waals surface area contributed by atoms with Crippen molar-refractivity contribution < 1.29 is 14.0 Å². The number of H-pyrrole nitrogens is 1. The molecule has 5 rings (SSSR count). The monoisotopic (exact) mass is 416 g/mol. The van der Waals surface area contributed by atoms with Crippen LogP contribution in [-0.4, -0.2) is 26.6 Å². The van der Waals surface area contributed by atoms with E-state index in [2.05, 4.69) is 10.1 Å². The second-order valence-corrected chi connectivity index (χ2v) is 7.85. The number of benzene rings is 2. The first-order valence-electron chi connectivity index (χ1n) is 9.96. The molecule has 156 valence electrons. The van der Waals surface area contributed by atoms with Gasteiger partial charge in [0.2, 0.25) is 11.8 Å². The van der Waals surface area contributed by atoms with Gasteiger partial charge in [-0.2, -0.15) is 9.67 Å². The van der Waals surface area contributed by atoms with Crippen LogP contribution in [0.15, 0.2) is 51.7 Å². The molecule has 2 amide bonds. The quantitative estimate of drug-likeness (QED) is 0.517. The molecule has 1 aliphatic rings. The van der Waals surface area contributed by atoms with Crippen molar-refractivity contribution in [3.8, 4) is 6.01 Å². The molecule has 0 saturated carbocycles. The van der Waals surface area contributed by atoms with Crippen LogP contribution in [-0.2, 0) is 9.59 Å². The summed E-state index contributed by atoms with van der Waals surface area (Å²) in [6, 6.07) is 12.7. The molecule has 3 heterocycles. The van der Waals surface area contributed by atoms with E-state index in [0.29, 0.717) is 22.5 Å². The van der Waals surface area contributed by atoms with Crippen LogP contribution in [0.5, 0.6) is 0 Å². The van der Waals surface area contributed by atoms with Crippen molar-refractivity contribution in [3.63, 3.8) is 0 Å². The maximum atomic E-state index is 13.2. The van der Waals surface area contributed by atoms with E-state index in [4.69, 9.17) is 4.42 Å². The van der Waals surface area contributed by atoms with Crippen LogP contribution in [0, 0.1) is 20.8 Å². The summed E-state index contributed by atoms with van der Waals surface area (Å²) in [5.74, 6) is -1.59. The van der Waals surface area contributed by atoms with E-state index in [1.165, 1.54) is 9.58 Å². The number of carbonyl (C=O) groups excluding carboxylic acids is 2. The van der Waals surface area contributed by atoms with Gasteiger partial charge in [0.15, 0.2) is 5.58 Å². The lowest BCUT2D eigenvalue weighted by Gasteiger charge is -2.16. The van der Waals surface area contributed by atoms with Crippen LogP contribution in [0.2, 0.25) is 0 Å². The highest BCUT2D eigenvalue weighted by molar-refractivity contribution is 6.22. The summed E-state index contributed by atoms with van der Waals surface area (Å²) in [5.41, 5.74) is 4.05. The second-order valence-electron chi connectivity index (χ2n) is 7.85. The Morgan fingerprint density at radius 3 is 2.55 bits per heavy atom. The predicted molar refractivity (Wildman–Crippen MR) is 114 cm³/mol. The van der Waals surface area contributed by atoms with Crippen LogP contribution in [0.1, 0.15) is 34.7 Å². The van der Waals surface area contributed by atoms with Gasteiger partial charge in [-0.25, -0.2) is 4.90 Å². The van der Waals surface area contributed by atoms with E-state index in [-0.39, 0.29) is 23.9 Å². The molecule has 0 spiro atoms. The largest absolute Gasteiger partial charge is 0.422 e. The highest BCUT2D eigenvalue weighted by atomic mass is 16.4. The summed E-state index contributed by atoms with van der Waals surface area (Å²) in [6.45, 7) is 5.59. The maximum Gasteiger partial charge on any atom is 0.325 e. The first-order chi connectivity index (χ1) is 14.8. The SMILES string of the molecule is Cc1ccc(N2C(=O)CC(c3c(C)[nH]n(-c4nc5ccccc5o4)c3=O)C2=O)cc1C. The Labute approximate surface area is 177 Å². The van der Waals surface area contributed by atoms with E-state index in [9.17, 15) is 14.4 Å². The first-order valence-corrected chi connectivity index (χ1v) is 9.96. The minimum Gasteiger partial charge on any atom is -0.422 e. The molecule has 1 atom stereocenters. The Morgan fingerprint density at radius 1 is 1.03 bits per heavy atom. The number of nitrogens with one attached hydrogen (secondary N) is 1. The molecule has 8 heteroatoms. The highest BCUT2D eigenvalue weighted by Crippen LogP contribution is 2.34. The number of aromatic nitrogens is 3. The van der Waals surface area contributed by atoms with E-state index in [0.717, 1.165) is 11.1 Å². The van der Waals surface area contributed by atoms with Gasteiger partial charge in [0, 0.05) is 12.1 Å². The molecule has 8 nitrogen and oxygen atoms in total. The standard InChI is InChI=1S/C23H20N4O4/c1-12-8-9-15(10-13(12)2)26-19(28)11-16(21(26)29)20-14(3)25-27(22(20)30)23-24-17-6-4-5-7-18(17)31-23/h4-10,16,25H,11H2,1-3H3. The normalized spacial score (nSPS) is 16.6. The van der Waals surface area contributed by atoms with Crippen molar-refractivity contribution in [1.29, 1.82) is 0 Å². The molecule has 1 fully saturated rings. The van der Waals surface area contributed by atoms with Gasteiger partial charge in [0.05, 0.1) is 17.2 Å². The number of aryl methyl sites for hydroxylation is 3. The number of hydrogen-bond acceptors (Lipinski definition) is 5. The van der Waals surface area contributed by atoms with Crippen molar-refractivity contribution in [2.24, 2.45) is 0 Å². The zero-order chi connectivity index (χ0) is 21.9. The topological polar surface area (TPSA) is 101 Å². The average molecular weight is 416 g/mol. The summed E-state index contributed by atoms with van der Waals surface area (Å²) in [6.07, 6.45) is -0.0623. The third-order valence-electron chi connectivity index (χ3n) is 5.83. The first kappa shape index (κ1) is 19.0. The van der Waals surface area contributed by atoms with Gasteiger partial charge in [-0.05, 0) is 56.2 Å². The number of imide groups is 1. The van der Waals surface area contributed by atoms with Crippen molar-refractivity contribution in [2.45, 2.75) is 33.1 Å². The number of oxazole rings is 1. The lowest BCUT2D eigenvalue weighted by Crippen LogP contribution is -2.31. The molecule has 1 saturated heterocycles. The molecule has 2 aromatic carbocycles. The molecule has 0 bridgehead atoms. The molecule has 2 aromatic heterocycles. The van der Waals surface area contributed by atoms with Crippen LogP contribution in [0.4, 0.5) is 5.69 Å². The Hall–Kier alpha value is -3.94. The number of aromatic amines is 1. The molecule has 1 aliphatic heterocycles. The fourth-order valence-corrected chi connectivity index (χ4v) is 4.05. The summed E-state index contributed by atoms with van der Waals surface area (Å²) >= 11 is 0. The molecular formula is C23H20N4O4. The fraction of sp³-hybridized carbons (Fsp3) is 0.217. The highest BCUT2D eigenvalue weighted by Gasteiger charge is 2.43. The summed E-state index contributed by atoms with van der Waals surface area (Å²) in [4.78, 5) is 44.7. The lowest BCUT2D eigenvalue weighted by atomic mass is 9.98. The predicted octanol–water partition coefficient (Wildman–Crippen LogP) is 3.28. The van der Waals surface area contributed by atoms with Gasteiger partial charge in [-0.15, -0.1) is 0 Å². The van der Waals surface area contributed by atoms with E-state index >= 15 is 0 Å². The van der Waals surface area contributed by atoms with Crippen LogP contribution < -0.4 is 10.5 Å².